The Bertz CT molecular complexity index is 957. The van der Waals surface area contributed by atoms with Crippen LogP contribution in [0.2, 0.25) is 0 Å². The van der Waals surface area contributed by atoms with E-state index in [2.05, 4.69) is 4.72 Å². The summed E-state index contributed by atoms with van der Waals surface area (Å²) < 4.78 is 27.6. The first-order valence-corrected chi connectivity index (χ1v) is 9.23. The first kappa shape index (κ1) is 19.5. The number of carbonyl (C=O) groups excluding carboxylic acids is 1. The Labute approximate surface area is 151 Å². The molecule has 138 valence electrons. The summed E-state index contributed by atoms with van der Waals surface area (Å²) >= 11 is 0. The molecular weight excluding hydrogens is 358 g/mol. The third-order valence-electron chi connectivity index (χ3n) is 3.83. The summed E-state index contributed by atoms with van der Waals surface area (Å²) in [6.07, 6.45) is 0. The summed E-state index contributed by atoms with van der Waals surface area (Å²) in [4.78, 5) is 23.1. The Balaban J connectivity index is 2.49. The fraction of sp³-hybridized carbons (Fsp3) is 0.235. The smallest absolute Gasteiger partial charge is 0.289 e. The largest absolute Gasteiger partial charge is 0.301 e. The molecule has 0 aromatic heterocycles. The zero-order valence-electron chi connectivity index (χ0n) is 14.6. The van der Waals surface area contributed by atoms with Crippen LogP contribution >= 0.6 is 0 Å². The van der Waals surface area contributed by atoms with Gasteiger partial charge in [0.05, 0.1) is 4.92 Å². The molecule has 1 N–H and O–H groups in total. The van der Waals surface area contributed by atoms with Gasteiger partial charge in [-0.05, 0) is 25.1 Å². The highest BCUT2D eigenvalue weighted by molar-refractivity contribution is 7.90. The molecular formula is C17H19N3O5S. The molecule has 2 rings (SSSR count). The van der Waals surface area contributed by atoms with Crippen LogP contribution in [0.5, 0.6) is 0 Å². The van der Waals surface area contributed by atoms with Gasteiger partial charge in [-0.2, -0.15) is 12.7 Å². The monoisotopic (exact) mass is 377 g/mol. The molecule has 26 heavy (non-hydrogen) atoms. The van der Waals surface area contributed by atoms with Crippen LogP contribution < -0.4 is 4.72 Å². The quantitative estimate of drug-likeness (QED) is 0.453. The second kappa shape index (κ2) is 7.63. The van der Waals surface area contributed by atoms with Gasteiger partial charge in [-0.15, -0.1) is 0 Å². The minimum Gasteiger partial charge on any atom is -0.289 e. The molecule has 0 spiro atoms. The molecule has 2 aromatic rings. The molecule has 8 nitrogen and oxygen atoms in total. The number of nitrogens with one attached hydrogen (secondary N) is 1. The lowest BCUT2D eigenvalue weighted by molar-refractivity contribution is -0.383. The standard InChI is InChI=1S/C17H19N3O5S/c1-4-19(3)26(24,25)18-15-11-14(8-9-16(15)20(22)23)17(21)13-7-5-6-12(2)10-13/h5-11,18H,4H2,1-3H3. The summed E-state index contributed by atoms with van der Waals surface area (Å²) in [7, 11) is -2.62. The molecule has 0 heterocycles. The Kier molecular flexibility index (Phi) is 5.73. The van der Waals surface area contributed by atoms with Gasteiger partial charge >= 0.3 is 10.2 Å². The van der Waals surface area contributed by atoms with Crippen LogP contribution in [0.25, 0.3) is 0 Å². The predicted molar refractivity (Wildman–Crippen MR) is 98.6 cm³/mol. The number of anilines is 1. The Morgan fingerprint density at radius 1 is 1.19 bits per heavy atom. The lowest BCUT2D eigenvalue weighted by Crippen LogP contribution is -2.32. The number of aryl methyl sites for hydroxylation is 1. The van der Waals surface area contributed by atoms with Crippen LogP contribution in [0.4, 0.5) is 11.4 Å². The van der Waals surface area contributed by atoms with Crippen LogP contribution in [-0.4, -0.2) is 37.0 Å². The number of nitro benzene ring substituents is 1. The van der Waals surface area contributed by atoms with Crippen molar-refractivity contribution in [3.8, 4) is 0 Å². The zero-order chi connectivity index (χ0) is 19.5. The van der Waals surface area contributed by atoms with Crippen LogP contribution in [-0.2, 0) is 10.2 Å². The van der Waals surface area contributed by atoms with Gasteiger partial charge in [0.25, 0.3) is 5.69 Å². The van der Waals surface area contributed by atoms with Crippen LogP contribution in [0.3, 0.4) is 0 Å². The molecule has 0 amide bonds. The molecule has 0 aliphatic carbocycles. The molecule has 0 unspecified atom stereocenters. The van der Waals surface area contributed by atoms with E-state index < -0.39 is 20.8 Å². The maximum atomic E-state index is 12.6. The third-order valence-corrected chi connectivity index (χ3v) is 5.39. The highest BCUT2D eigenvalue weighted by Gasteiger charge is 2.23. The van der Waals surface area contributed by atoms with Gasteiger partial charge in [-0.1, -0.05) is 30.7 Å². The van der Waals surface area contributed by atoms with Gasteiger partial charge in [-0.25, -0.2) is 0 Å². The molecule has 0 aliphatic rings. The molecule has 0 aliphatic heterocycles. The fourth-order valence-electron chi connectivity index (χ4n) is 2.26. The molecule has 0 fully saturated rings. The van der Waals surface area contributed by atoms with Crippen molar-refractivity contribution >= 4 is 27.4 Å². The van der Waals surface area contributed by atoms with E-state index in [9.17, 15) is 23.3 Å². The second-order valence-corrected chi connectivity index (χ2v) is 7.49. The normalized spacial score (nSPS) is 11.4. The number of benzene rings is 2. The van der Waals surface area contributed by atoms with Crippen molar-refractivity contribution in [2.75, 3.05) is 18.3 Å². The van der Waals surface area contributed by atoms with Gasteiger partial charge in [0.15, 0.2) is 5.78 Å². The number of rotatable bonds is 7. The Morgan fingerprint density at radius 2 is 1.85 bits per heavy atom. The first-order valence-electron chi connectivity index (χ1n) is 7.79. The number of hydrogen-bond acceptors (Lipinski definition) is 5. The van der Waals surface area contributed by atoms with Crippen molar-refractivity contribution in [1.29, 1.82) is 0 Å². The molecule has 0 radical (unpaired) electrons. The summed E-state index contributed by atoms with van der Waals surface area (Å²) in [5.41, 5.74) is 0.771. The van der Waals surface area contributed by atoms with Gasteiger partial charge in [-0.3, -0.25) is 19.6 Å². The van der Waals surface area contributed by atoms with Gasteiger partial charge in [0.2, 0.25) is 0 Å². The molecule has 0 atom stereocenters. The lowest BCUT2D eigenvalue weighted by atomic mass is 10.0. The molecule has 2 aromatic carbocycles. The Morgan fingerprint density at radius 3 is 2.42 bits per heavy atom. The van der Waals surface area contributed by atoms with E-state index in [0.29, 0.717) is 5.56 Å². The van der Waals surface area contributed by atoms with Gasteiger partial charge in [0.1, 0.15) is 5.69 Å². The highest BCUT2D eigenvalue weighted by atomic mass is 32.2. The summed E-state index contributed by atoms with van der Waals surface area (Å²) in [5.74, 6) is -0.354. The van der Waals surface area contributed by atoms with E-state index in [1.807, 2.05) is 13.0 Å². The number of carbonyl (C=O) groups is 1. The Hall–Kier alpha value is -2.78. The van der Waals surface area contributed by atoms with E-state index in [1.165, 1.54) is 19.2 Å². The second-order valence-electron chi connectivity index (χ2n) is 5.71. The SMILES string of the molecule is CCN(C)S(=O)(=O)Nc1cc(C(=O)c2cccc(C)c2)ccc1[N+](=O)[O-]. The average molecular weight is 377 g/mol. The van der Waals surface area contributed by atoms with Crippen LogP contribution in [0.15, 0.2) is 42.5 Å². The van der Waals surface area contributed by atoms with E-state index in [1.54, 1.807) is 25.1 Å². The maximum Gasteiger partial charge on any atom is 0.301 e. The zero-order valence-corrected chi connectivity index (χ0v) is 15.4. The number of nitro groups is 1. The summed E-state index contributed by atoms with van der Waals surface area (Å²) in [6, 6.07) is 10.5. The van der Waals surface area contributed by atoms with Crippen molar-refractivity contribution in [2.24, 2.45) is 0 Å². The highest BCUT2D eigenvalue weighted by Crippen LogP contribution is 2.28. The molecule has 9 heteroatoms. The fourth-order valence-corrected chi connectivity index (χ4v) is 3.20. The van der Waals surface area contributed by atoms with Crippen molar-refractivity contribution < 1.29 is 18.1 Å². The van der Waals surface area contributed by atoms with E-state index in [4.69, 9.17) is 0 Å². The van der Waals surface area contributed by atoms with Crippen molar-refractivity contribution in [3.63, 3.8) is 0 Å². The van der Waals surface area contributed by atoms with Gasteiger partial charge in [0, 0.05) is 30.8 Å². The molecule has 0 saturated carbocycles. The number of hydrogen-bond donors (Lipinski definition) is 1. The minimum absolute atomic E-state index is 0.151. The van der Waals surface area contributed by atoms with E-state index in [0.717, 1.165) is 15.9 Å². The van der Waals surface area contributed by atoms with Gasteiger partial charge < -0.3 is 0 Å². The lowest BCUT2D eigenvalue weighted by Gasteiger charge is -2.16. The number of nitrogens with zero attached hydrogens (tertiary/aromatic N) is 2. The first-order chi connectivity index (χ1) is 12.2. The molecule has 0 bridgehead atoms. The average Bonchev–Trinajstić information content (AvgIpc) is 2.59. The summed E-state index contributed by atoms with van der Waals surface area (Å²) in [5, 5.41) is 11.2. The van der Waals surface area contributed by atoms with Crippen LogP contribution in [0.1, 0.15) is 28.4 Å². The molecule has 0 saturated heterocycles. The topological polar surface area (TPSA) is 110 Å². The third kappa shape index (κ3) is 4.24. The van der Waals surface area contributed by atoms with Crippen molar-refractivity contribution in [2.45, 2.75) is 13.8 Å². The minimum atomic E-state index is -3.97. The van der Waals surface area contributed by atoms with Crippen molar-refractivity contribution in [1.82, 2.24) is 4.31 Å². The van der Waals surface area contributed by atoms with Crippen molar-refractivity contribution in [3.05, 3.63) is 69.3 Å². The van der Waals surface area contributed by atoms with E-state index >= 15 is 0 Å². The number of ketones is 1. The summed E-state index contributed by atoms with van der Waals surface area (Å²) in [6.45, 7) is 3.66. The maximum absolute atomic E-state index is 12.6. The predicted octanol–water partition coefficient (Wildman–Crippen LogP) is 2.74. The van der Waals surface area contributed by atoms with Crippen LogP contribution in [0, 0.1) is 17.0 Å². The van der Waals surface area contributed by atoms with E-state index in [-0.39, 0.29) is 23.6 Å².